The SMILES string of the molecule is CNC1CC2(C1)CC(N(C)C)C2. The smallest absolute Gasteiger partial charge is 0.00998 e. The average molecular weight is 168 g/mol. The summed E-state index contributed by atoms with van der Waals surface area (Å²) >= 11 is 0. The van der Waals surface area contributed by atoms with Crippen LogP contribution in [0.5, 0.6) is 0 Å². The molecule has 0 unspecified atom stereocenters. The van der Waals surface area contributed by atoms with Crippen molar-refractivity contribution in [2.75, 3.05) is 21.1 Å². The van der Waals surface area contributed by atoms with Gasteiger partial charge in [0.1, 0.15) is 0 Å². The van der Waals surface area contributed by atoms with Gasteiger partial charge in [0, 0.05) is 12.1 Å². The Morgan fingerprint density at radius 2 is 1.75 bits per heavy atom. The molecule has 2 rings (SSSR count). The Kier molecular flexibility index (Phi) is 1.92. The molecule has 0 bridgehead atoms. The highest BCUT2D eigenvalue weighted by Gasteiger charge is 2.52. The zero-order valence-corrected chi connectivity index (χ0v) is 8.43. The first-order chi connectivity index (χ1) is 5.65. The number of hydrogen-bond donors (Lipinski definition) is 1. The third-order valence-electron chi connectivity index (χ3n) is 3.83. The fourth-order valence-electron chi connectivity index (χ4n) is 2.83. The zero-order chi connectivity index (χ0) is 8.77. The molecule has 0 atom stereocenters. The summed E-state index contributed by atoms with van der Waals surface area (Å²) in [6, 6.07) is 1.70. The van der Waals surface area contributed by atoms with E-state index in [0.717, 1.165) is 17.5 Å². The summed E-state index contributed by atoms with van der Waals surface area (Å²) in [4.78, 5) is 2.37. The van der Waals surface area contributed by atoms with Gasteiger partial charge in [0.15, 0.2) is 0 Å². The lowest BCUT2D eigenvalue weighted by Gasteiger charge is -2.59. The molecule has 0 aliphatic heterocycles. The molecule has 2 saturated carbocycles. The fraction of sp³-hybridized carbons (Fsp3) is 1.00. The van der Waals surface area contributed by atoms with E-state index in [2.05, 4.69) is 31.4 Å². The third kappa shape index (κ3) is 1.17. The van der Waals surface area contributed by atoms with Crippen molar-refractivity contribution in [2.45, 2.75) is 37.8 Å². The molecule has 2 heteroatoms. The quantitative estimate of drug-likeness (QED) is 0.663. The Morgan fingerprint density at radius 3 is 2.17 bits per heavy atom. The Balaban J connectivity index is 1.75. The molecule has 70 valence electrons. The third-order valence-corrected chi connectivity index (χ3v) is 3.83. The monoisotopic (exact) mass is 168 g/mol. The maximum absolute atomic E-state index is 3.36. The van der Waals surface area contributed by atoms with Crippen LogP contribution in [-0.2, 0) is 0 Å². The van der Waals surface area contributed by atoms with Gasteiger partial charge in [-0.25, -0.2) is 0 Å². The van der Waals surface area contributed by atoms with Gasteiger partial charge in [0.25, 0.3) is 0 Å². The first-order valence-electron chi connectivity index (χ1n) is 4.99. The van der Waals surface area contributed by atoms with E-state index in [9.17, 15) is 0 Å². The summed E-state index contributed by atoms with van der Waals surface area (Å²) in [5.74, 6) is 0. The highest BCUT2D eigenvalue weighted by atomic mass is 15.1. The lowest BCUT2D eigenvalue weighted by atomic mass is 9.52. The highest BCUT2D eigenvalue weighted by molar-refractivity contribution is 5.07. The number of rotatable bonds is 2. The molecule has 12 heavy (non-hydrogen) atoms. The van der Waals surface area contributed by atoms with E-state index in [1.165, 1.54) is 25.7 Å². The van der Waals surface area contributed by atoms with E-state index in [1.54, 1.807) is 0 Å². The topological polar surface area (TPSA) is 15.3 Å². The van der Waals surface area contributed by atoms with Gasteiger partial charge < -0.3 is 10.2 Å². The van der Waals surface area contributed by atoms with Gasteiger partial charge >= 0.3 is 0 Å². The van der Waals surface area contributed by atoms with Gasteiger partial charge in [-0.1, -0.05) is 0 Å². The van der Waals surface area contributed by atoms with E-state index in [0.29, 0.717) is 0 Å². The van der Waals surface area contributed by atoms with Crippen LogP contribution < -0.4 is 5.32 Å². The van der Waals surface area contributed by atoms with E-state index >= 15 is 0 Å². The molecule has 0 amide bonds. The molecule has 0 aromatic carbocycles. The Bertz CT molecular complexity index is 163. The lowest BCUT2D eigenvalue weighted by Crippen LogP contribution is -2.59. The molecule has 2 nitrogen and oxygen atoms in total. The van der Waals surface area contributed by atoms with Crippen LogP contribution >= 0.6 is 0 Å². The number of nitrogens with one attached hydrogen (secondary N) is 1. The van der Waals surface area contributed by atoms with Crippen molar-refractivity contribution in [3.05, 3.63) is 0 Å². The molecule has 1 N–H and O–H groups in total. The minimum absolute atomic E-state index is 0.766. The second-order valence-corrected chi connectivity index (χ2v) is 4.92. The maximum atomic E-state index is 3.36. The Morgan fingerprint density at radius 1 is 1.17 bits per heavy atom. The van der Waals surface area contributed by atoms with Crippen LogP contribution in [0.25, 0.3) is 0 Å². The minimum atomic E-state index is 0.766. The van der Waals surface area contributed by atoms with Gasteiger partial charge in [0.05, 0.1) is 0 Å². The summed E-state index contributed by atoms with van der Waals surface area (Å²) < 4.78 is 0. The van der Waals surface area contributed by atoms with Gasteiger partial charge in [-0.3, -0.25) is 0 Å². The molecular formula is C10H20N2. The zero-order valence-electron chi connectivity index (χ0n) is 8.43. The van der Waals surface area contributed by atoms with Crippen LogP contribution in [0.1, 0.15) is 25.7 Å². The molecule has 0 aromatic rings. The molecule has 0 saturated heterocycles. The molecule has 2 aliphatic carbocycles. The van der Waals surface area contributed by atoms with Crippen LogP contribution in [0.3, 0.4) is 0 Å². The van der Waals surface area contributed by atoms with Crippen molar-refractivity contribution in [1.82, 2.24) is 10.2 Å². The molecule has 0 radical (unpaired) electrons. The maximum Gasteiger partial charge on any atom is 0.00998 e. The number of nitrogens with zero attached hydrogens (tertiary/aromatic N) is 1. The molecule has 0 heterocycles. The highest BCUT2D eigenvalue weighted by Crippen LogP contribution is 2.56. The van der Waals surface area contributed by atoms with E-state index in [-0.39, 0.29) is 0 Å². The van der Waals surface area contributed by atoms with E-state index in [1.807, 2.05) is 0 Å². The standard InChI is InChI=1S/C10H20N2/c1-11-8-4-10(5-8)6-9(7-10)12(2)3/h8-9,11H,4-7H2,1-3H3. The molecule has 2 fully saturated rings. The van der Waals surface area contributed by atoms with Crippen molar-refractivity contribution in [1.29, 1.82) is 0 Å². The van der Waals surface area contributed by atoms with Crippen LogP contribution in [0.15, 0.2) is 0 Å². The second-order valence-electron chi connectivity index (χ2n) is 4.92. The lowest BCUT2D eigenvalue weighted by molar-refractivity contribution is -0.0585. The largest absolute Gasteiger partial charge is 0.317 e. The van der Waals surface area contributed by atoms with Crippen molar-refractivity contribution in [3.63, 3.8) is 0 Å². The van der Waals surface area contributed by atoms with Gasteiger partial charge in [-0.2, -0.15) is 0 Å². The number of hydrogen-bond acceptors (Lipinski definition) is 2. The van der Waals surface area contributed by atoms with Crippen LogP contribution in [0.2, 0.25) is 0 Å². The average Bonchev–Trinajstić information content (AvgIpc) is 1.81. The van der Waals surface area contributed by atoms with Crippen molar-refractivity contribution in [2.24, 2.45) is 5.41 Å². The summed E-state index contributed by atoms with van der Waals surface area (Å²) in [6.07, 6.45) is 5.73. The fourth-order valence-corrected chi connectivity index (χ4v) is 2.83. The second kappa shape index (κ2) is 2.71. The van der Waals surface area contributed by atoms with E-state index < -0.39 is 0 Å². The first kappa shape index (κ1) is 8.52. The minimum Gasteiger partial charge on any atom is -0.317 e. The van der Waals surface area contributed by atoms with Crippen molar-refractivity contribution in [3.8, 4) is 0 Å². The van der Waals surface area contributed by atoms with Crippen LogP contribution in [-0.4, -0.2) is 38.1 Å². The summed E-state index contributed by atoms with van der Waals surface area (Å²) in [7, 11) is 6.48. The van der Waals surface area contributed by atoms with Crippen LogP contribution in [0, 0.1) is 5.41 Å². The summed E-state index contributed by atoms with van der Waals surface area (Å²) in [5, 5.41) is 3.36. The first-order valence-corrected chi connectivity index (χ1v) is 4.99. The summed E-state index contributed by atoms with van der Waals surface area (Å²) in [6.45, 7) is 0. The predicted octanol–water partition coefficient (Wildman–Crippen LogP) is 1.08. The van der Waals surface area contributed by atoms with E-state index in [4.69, 9.17) is 0 Å². The Hall–Kier alpha value is -0.0800. The summed E-state index contributed by atoms with van der Waals surface area (Å²) in [5.41, 5.74) is 0.766. The molecule has 2 aliphatic rings. The molecular weight excluding hydrogens is 148 g/mol. The Labute approximate surface area is 75.3 Å². The normalized spacial score (nSPS) is 46.0. The van der Waals surface area contributed by atoms with Gasteiger partial charge in [0.2, 0.25) is 0 Å². The van der Waals surface area contributed by atoms with Crippen molar-refractivity contribution >= 4 is 0 Å². The van der Waals surface area contributed by atoms with Crippen LogP contribution in [0.4, 0.5) is 0 Å². The van der Waals surface area contributed by atoms with Gasteiger partial charge in [-0.15, -0.1) is 0 Å². The molecule has 1 spiro atoms. The van der Waals surface area contributed by atoms with Gasteiger partial charge in [-0.05, 0) is 52.2 Å². The molecule has 0 aromatic heterocycles. The van der Waals surface area contributed by atoms with Crippen molar-refractivity contribution < 1.29 is 0 Å². The predicted molar refractivity (Wildman–Crippen MR) is 51.2 cm³/mol.